The molecular weight excluding hydrogens is 250 g/mol. The van der Waals surface area contributed by atoms with Crippen LogP contribution in [-0.2, 0) is 16.0 Å². The number of aromatic nitrogens is 2. The van der Waals surface area contributed by atoms with Crippen LogP contribution in [0.4, 0.5) is 0 Å². The molecule has 19 heavy (non-hydrogen) atoms. The smallest absolute Gasteiger partial charge is 0.330 e. The van der Waals surface area contributed by atoms with Crippen LogP contribution in [-0.4, -0.2) is 46.9 Å². The molecule has 0 bridgehead atoms. The molecule has 0 saturated carbocycles. The molecule has 0 spiro atoms. The molecule has 1 aromatic heterocycles. The molecule has 1 aromatic rings. The van der Waals surface area contributed by atoms with Crippen LogP contribution in [0.3, 0.4) is 0 Å². The lowest BCUT2D eigenvalue weighted by Crippen LogP contribution is -2.44. The van der Waals surface area contributed by atoms with E-state index in [1.54, 1.807) is 13.0 Å². The van der Waals surface area contributed by atoms with Crippen LogP contribution in [0.1, 0.15) is 28.7 Å². The Morgan fingerprint density at radius 3 is 2.68 bits per heavy atom. The number of carbonyl (C=O) groups is 2. The minimum absolute atomic E-state index is 0.345. The molecule has 1 heterocycles. The van der Waals surface area contributed by atoms with Crippen molar-refractivity contribution < 1.29 is 19.4 Å². The van der Waals surface area contributed by atoms with Crippen molar-refractivity contribution in [2.75, 3.05) is 13.7 Å². The Balaban J connectivity index is 2.94. The fourth-order valence-electron chi connectivity index (χ4n) is 1.53. The van der Waals surface area contributed by atoms with Gasteiger partial charge in [0.2, 0.25) is 0 Å². The van der Waals surface area contributed by atoms with Crippen LogP contribution < -0.4 is 5.32 Å². The Morgan fingerprint density at radius 1 is 1.47 bits per heavy atom. The van der Waals surface area contributed by atoms with Crippen molar-refractivity contribution in [2.45, 2.75) is 26.3 Å². The van der Waals surface area contributed by atoms with E-state index in [-0.39, 0.29) is 0 Å². The third kappa shape index (κ3) is 3.72. The quantitative estimate of drug-likeness (QED) is 0.705. The number of carbonyl (C=O) groups excluding carboxylic acids is 2. The van der Waals surface area contributed by atoms with Crippen LogP contribution in [0.25, 0.3) is 0 Å². The van der Waals surface area contributed by atoms with Gasteiger partial charge >= 0.3 is 5.97 Å². The molecule has 1 amide bonds. The van der Waals surface area contributed by atoms with E-state index in [0.717, 1.165) is 0 Å². The van der Waals surface area contributed by atoms with Gasteiger partial charge in [-0.2, -0.15) is 10.2 Å². The largest absolute Gasteiger partial charge is 0.467 e. The summed E-state index contributed by atoms with van der Waals surface area (Å²) in [5.74, 6) is -1.19. The van der Waals surface area contributed by atoms with Crippen LogP contribution in [0, 0.1) is 6.92 Å². The van der Waals surface area contributed by atoms with Gasteiger partial charge in [0.25, 0.3) is 5.91 Å². The highest BCUT2D eigenvalue weighted by atomic mass is 16.5. The second-order valence-corrected chi connectivity index (χ2v) is 3.93. The zero-order valence-electron chi connectivity index (χ0n) is 11.1. The van der Waals surface area contributed by atoms with E-state index >= 15 is 0 Å². The highest BCUT2D eigenvalue weighted by Crippen LogP contribution is 2.08. The van der Waals surface area contributed by atoms with Gasteiger partial charge in [0, 0.05) is 0 Å². The monoisotopic (exact) mass is 267 g/mol. The lowest BCUT2D eigenvalue weighted by atomic mass is 10.1. The van der Waals surface area contributed by atoms with Crippen LogP contribution in [0.5, 0.6) is 0 Å². The topological polar surface area (TPSA) is 101 Å². The van der Waals surface area contributed by atoms with Crippen molar-refractivity contribution in [1.82, 2.24) is 15.5 Å². The Labute approximate surface area is 111 Å². The summed E-state index contributed by atoms with van der Waals surface area (Å²) in [4.78, 5) is 23.4. The summed E-state index contributed by atoms with van der Waals surface area (Å²) in [6.07, 6.45) is 0.540. The van der Waals surface area contributed by atoms with Crippen molar-refractivity contribution in [3.05, 3.63) is 23.0 Å². The van der Waals surface area contributed by atoms with Gasteiger partial charge in [-0.3, -0.25) is 4.79 Å². The van der Waals surface area contributed by atoms with Crippen molar-refractivity contribution in [3.8, 4) is 0 Å². The summed E-state index contributed by atoms with van der Waals surface area (Å²) in [5.41, 5.74) is 1.47. The fourth-order valence-corrected chi connectivity index (χ4v) is 1.53. The zero-order valence-corrected chi connectivity index (χ0v) is 11.1. The van der Waals surface area contributed by atoms with Gasteiger partial charge in [-0.05, 0) is 19.4 Å². The van der Waals surface area contributed by atoms with Crippen molar-refractivity contribution in [1.29, 1.82) is 0 Å². The SMILES string of the molecule is CCc1nnc(C)cc1C(=O)NC(CO)C(=O)OC. The van der Waals surface area contributed by atoms with Gasteiger partial charge in [0.05, 0.1) is 30.7 Å². The van der Waals surface area contributed by atoms with E-state index in [2.05, 4.69) is 20.3 Å². The summed E-state index contributed by atoms with van der Waals surface area (Å²) < 4.78 is 4.48. The number of nitrogens with one attached hydrogen (secondary N) is 1. The first-order valence-electron chi connectivity index (χ1n) is 5.86. The second kappa shape index (κ2) is 6.79. The molecule has 0 fully saturated rings. The maximum atomic E-state index is 12.1. The van der Waals surface area contributed by atoms with E-state index in [1.807, 2.05) is 6.92 Å². The van der Waals surface area contributed by atoms with Gasteiger partial charge < -0.3 is 15.2 Å². The minimum Gasteiger partial charge on any atom is -0.467 e. The Bertz CT molecular complexity index is 476. The Hall–Kier alpha value is -2.02. The van der Waals surface area contributed by atoms with E-state index in [0.29, 0.717) is 23.4 Å². The third-order valence-corrected chi connectivity index (χ3v) is 2.55. The average Bonchev–Trinajstić information content (AvgIpc) is 2.43. The third-order valence-electron chi connectivity index (χ3n) is 2.55. The first-order chi connectivity index (χ1) is 9.03. The maximum Gasteiger partial charge on any atom is 0.330 e. The fraction of sp³-hybridized carbons (Fsp3) is 0.500. The van der Waals surface area contributed by atoms with E-state index in [1.165, 1.54) is 7.11 Å². The highest BCUT2D eigenvalue weighted by molar-refractivity contribution is 5.97. The van der Waals surface area contributed by atoms with Gasteiger partial charge in [-0.1, -0.05) is 6.92 Å². The molecule has 0 aromatic carbocycles. The van der Waals surface area contributed by atoms with Crippen molar-refractivity contribution in [3.63, 3.8) is 0 Å². The Kier molecular flexibility index (Phi) is 5.37. The molecule has 7 heteroatoms. The summed E-state index contributed by atoms with van der Waals surface area (Å²) in [7, 11) is 1.19. The lowest BCUT2D eigenvalue weighted by Gasteiger charge is -2.14. The van der Waals surface area contributed by atoms with Crippen LogP contribution >= 0.6 is 0 Å². The van der Waals surface area contributed by atoms with Gasteiger partial charge in [0.1, 0.15) is 0 Å². The van der Waals surface area contributed by atoms with Crippen molar-refractivity contribution >= 4 is 11.9 Å². The number of hydrogen-bond donors (Lipinski definition) is 2. The van der Waals surface area contributed by atoms with Gasteiger partial charge in [-0.15, -0.1) is 0 Å². The maximum absolute atomic E-state index is 12.1. The number of ether oxygens (including phenoxy) is 1. The van der Waals surface area contributed by atoms with Crippen molar-refractivity contribution in [2.24, 2.45) is 0 Å². The molecule has 1 atom stereocenters. The highest BCUT2D eigenvalue weighted by Gasteiger charge is 2.22. The molecule has 104 valence electrons. The average molecular weight is 267 g/mol. The van der Waals surface area contributed by atoms with E-state index in [9.17, 15) is 9.59 Å². The molecule has 0 aliphatic rings. The number of methoxy groups -OCH3 is 1. The number of hydrogen-bond acceptors (Lipinski definition) is 6. The van der Waals surface area contributed by atoms with E-state index < -0.39 is 24.5 Å². The number of aryl methyl sites for hydroxylation is 2. The number of nitrogens with zero attached hydrogens (tertiary/aromatic N) is 2. The number of esters is 1. The van der Waals surface area contributed by atoms with Crippen LogP contribution in [0.15, 0.2) is 6.07 Å². The molecule has 7 nitrogen and oxygen atoms in total. The molecule has 0 saturated heterocycles. The van der Waals surface area contributed by atoms with E-state index in [4.69, 9.17) is 5.11 Å². The molecule has 1 unspecified atom stereocenters. The Morgan fingerprint density at radius 2 is 2.16 bits per heavy atom. The zero-order chi connectivity index (χ0) is 14.4. The second-order valence-electron chi connectivity index (χ2n) is 3.93. The normalized spacial score (nSPS) is 11.8. The predicted octanol–water partition coefficient (Wildman–Crippen LogP) is -0.389. The minimum atomic E-state index is -1.09. The number of aliphatic hydroxyl groups excluding tert-OH is 1. The molecular formula is C12H17N3O4. The van der Waals surface area contributed by atoms with Crippen LogP contribution in [0.2, 0.25) is 0 Å². The summed E-state index contributed by atoms with van der Waals surface area (Å²) in [5, 5.41) is 19.3. The molecule has 0 aliphatic heterocycles. The number of rotatable bonds is 5. The molecule has 1 rings (SSSR count). The summed E-state index contributed by atoms with van der Waals surface area (Å²) in [6.45, 7) is 3.03. The number of amides is 1. The lowest BCUT2D eigenvalue weighted by molar-refractivity contribution is -0.143. The standard InChI is InChI=1S/C12H17N3O4/c1-4-9-8(5-7(2)14-15-9)11(17)13-10(6-16)12(18)19-3/h5,10,16H,4,6H2,1-3H3,(H,13,17). The van der Waals surface area contributed by atoms with Gasteiger partial charge in [-0.25, -0.2) is 4.79 Å². The molecule has 0 aliphatic carbocycles. The first-order valence-corrected chi connectivity index (χ1v) is 5.86. The first kappa shape index (κ1) is 15.0. The predicted molar refractivity (Wildman–Crippen MR) is 66.5 cm³/mol. The van der Waals surface area contributed by atoms with Gasteiger partial charge in [0.15, 0.2) is 6.04 Å². The summed E-state index contributed by atoms with van der Waals surface area (Å²) >= 11 is 0. The molecule has 0 radical (unpaired) electrons. The molecule has 2 N–H and O–H groups in total. The number of aliphatic hydroxyl groups is 1. The summed E-state index contributed by atoms with van der Waals surface area (Å²) in [6, 6.07) is 0.503.